The summed E-state index contributed by atoms with van der Waals surface area (Å²) in [7, 11) is -0.184. The van der Waals surface area contributed by atoms with Crippen molar-refractivity contribution in [3.8, 4) is 0 Å². The van der Waals surface area contributed by atoms with Gasteiger partial charge in [0.1, 0.15) is 6.79 Å². The molecule has 0 radical (unpaired) electrons. The van der Waals surface area contributed by atoms with Crippen LogP contribution in [-0.2, 0) is 18.8 Å². The lowest BCUT2D eigenvalue weighted by Crippen LogP contribution is -2.41. The lowest BCUT2D eigenvalue weighted by Gasteiger charge is -2.32. The predicted molar refractivity (Wildman–Crippen MR) is 93.1 cm³/mol. The molecule has 1 fully saturated rings. The van der Waals surface area contributed by atoms with Crippen molar-refractivity contribution in [1.82, 2.24) is 0 Å². The first-order valence-corrected chi connectivity index (χ1v) is 8.91. The summed E-state index contributed by atoms with van der Waals surface area (Å²) in [5.74, 6) is 1.13. The highest BCUT2D eigenvalue weighted by Gasteiger charge is 2.52. The van der Waals surface area contributed by atoms with Crippen LogP contribution < -0.4 is 0 Å². The summed E-state index contributed by atoms with van der Waals surface area (Å²) in [6.45, 7) is 14.6. The second-order valence-corrected chi connectivity index (χ2v) is 8.26. The van der Waals surface area contributed by atoms with E-state index in [-0.39, 0.29) is 18.3 Å². The van der Waals surface area contributed by atoms with Gasteiger partial charge >= 0.3 is 7.12 Å². The Balaban J connectivity index is 1.72. The van der Waals surface area contributed by atoms with Crippen LogP contribution in [0.25, 0.3) is 0 Å². The van der Waals surface area contributed by atoms with Crippen LogP contribution >= 0.6 is 0 Å². The van der Waals surface area contributed by atoms with Crippen LogP contribution in [0.3, 0.4) is 0 Å². The summed E-state index contributed by atoms with van der Waals surface area (Å²) >= 11 is 0. The molecule has 23 heavy (non-hydrogen) atoms. The molecule has 0 N–H and O–H groups in total. The van der Waals surface area contributed by atoms with Gasteiger partial charge in [-0.1, -0.05) is 19.9 Å². The molecule has 0 bridgehead atoms. The molecule has 1 heterocycles. The van der Waals surface area contributed by atoms with Crippen molar-refractivity contribution in [2.75, 3.05) is 20.0 Å². The van der Waals surface area contributed by atoms with Crippen molar-refractivity contribution >= 4 is 7.12 Å². The minimum absolute atomic E-state index is 0.184. The van der Waals surface area contributed by atoms with Gasteiger partial charge in [-0.25, -0.2) is 0 Å². The third-order valence-electron chi connectivity index (χ3n) is 5.08. The van der Waals surface area contributed by atoms with E-state index in [1.165, 1.54) is 5.47 Å². The van der Waals surface area contributed by atoms with E-state index in [4.69, 9.17) is 18.8 Å². The van der Waals surface area contributed by atoms with E-state index in [2.05, 4.69) is 47.6 Å². The van der Waals surface area contributed by atoms with Gasteiger partial charge in [-0.2, -0.15) is 0 Å². The Hall–Kier alpha value is -0.355. The van der Waals surface area contributed by atoms with E-state index in [9.17, 15) is 0 Å². The summed E-state index contributed by atoms with van der Waals surface area (Å²) in [5, 5.41) is 0. The van der Waals surface area contributed by atoms with Crippen LogP contribution in [0.1, 0.15) is 60.8 Å². The first-order chi connectivity index (χ1) is 10.7. The summed E-state index contributed by atoms with van der Waals surface area (Å²) in [5.41, 5.74) is 0.772. The molecular weight excluding hydrogens is 291 g/mol. The number of ether oxygens (including phenoxy) is 2. The lowest BCUT2D eigenvalue weighted by molar-refractivity contribution is -0.0721. The molecule has 2 aliphatic rings. The van der Waals surface area contributed by atoms with Gasteiger partial charge in [-0.05, 0) is 64.3 Å². The first kappa shape index (κ1) is 19.0. The quantitative estimate of drug-likeness (QED) is 0.403. The Labute approximate surface area is 142 Å². The molecule has 0 aromatic rings. The van der Waals surface area contributed by atoms with E-state index in [1.54, 1.807) is 0 Å². The van der Waals surface area contributed by atoms with Crippen molar-refractivity contribution < 1.29 is 18.8 Å². The molecule has 5 heteroatoms. The summed E-state index contributed by atoms with van der Waals surface area (Å²) in [6.07, 6.45) is 5.47. The fraction of sp³-hybridized carbons (Fsp3) is 0.889. The molecule has 1 unspecified atom stereocenters. The summed E-state index contributed by atoms with van der Waals surface area (Å²) < 4.78 is 23.4. The van der Waals surface area contributed by atoms with Gasteiger partial charge in [-0.3, -0.25) is 0 Å². The fourth-order valence-corrected chi connectivity index (χ4v) is 2.83. The minimum atomic E-state index is -0.258. The van der Waals surface area contributed by atoms with E-state index < -0.39 is 0 Å². The second kappa shape index (κ2) is 7.69. The van der Waals surface area contributed by atoms with Crippen LogP contribution in [0.2, 0.25) is 0 Å². The van der Waals surface area contributed by atoms with Gasteiger partial charge in [0.15, 0.2) is 0 Å². The molecule has 1 aliphatic heterocycles. The third kappa shape index (κ3) is 5.06. The Morgan fingerprint density at radius 2 is 1.83 bits per heavy atom. The molecule has 0 spiro atoms. The standard InChI is InChI=1S/C18H33BO4/c1-14(2)11-20-13-21-12-15-7-9-16(10-8-15)19-22-17(3,4)18(5,6)23-19/h9,14-15H,7-8,10-13H2,1-6H3. The smallest absolute Gasteiger partial charge is 0.400 e. The molecule has 4 nitrogen and oxygen atoms in total. The Morgan fingerprint density at radius 3 is 2.35 bits per heavy atom. The molecule has 0 saturated carbocycles. The summed E-state index contributed by atoms with van der Waals surface area (Å²) in [6, 6.07) is 0. The number of rotatable bonds is 7. The van der Waals surface area contributed by atoms with Crippen LogP contribution in [0, 0.1) is 11.8 Å². The van der Waals surface area contributed by atoms with Crippen LogP contribution in [0.5, 0.6) is 0 Å². The molecule has 1 aliphatic carbocycles. The normalized spacial score (nSPS) is 26.7. The Bertz CT molecular complexity index is 401. The zero-order valence-corrected chi connectivity index (χ0v) is 15.7. The summed E-state index contributed by atoms with van der Waals surface area (Å²) in [4.78, 5) is 0. The molecule has 0 amide bonds. The van der Waals surface area contributed by atoms with Gasteiger partial charge in [0.25, 0.3) is 0 Å². The van der Waals surface area contributed by atoms with Crippen molar-refractivity contribution in [2.45, 2.75) is 72.0 Å². The number of hydrogen-bond acceptors (Lipinski definition) is 4. The van der Waals surface area contributed by atoms with E-state index in [0.717, 1.165) is 32.5 Å². The Morgan fingerprint density at radius 1 is 1.17 bits per heavy atom. The van der Waals surface area contributed by atoms with Crippen molar-refractivity contribution in [2.24, 2.45) is 11.8 Å². The maximum absolute atomic E-state index is 6.13. The molecular formula is C18H33BO4. The molecule has 0 aromatic heterocycles. The molecule has 132 valence electrons. The van der Waals surface area contributed by atoms with Gasteiger partial charge in [0, 0.05) is 0 Å². The molecule has 1 atom stereocenters. The maximum Gasteiger partial charge on any atom is 0.490 e. The van der Waals surface area contributed by atoms with E-state index >= 15 is 0 Å². The molecule has 2 rings (SSSR count). The van der Waals surface area contributed by atoms with Crippen LogP contribution in [0.15, 0.2) is 11.5 Å². The minimum Gasteiger partial charge on any atom is -0.400 e. The zero-order valence-electron chi connectivity index (χ0n) is 15.7. The van der Waals surface area contributed by atoms with Crippen LogP contribution in [-0.4, -0.2) is 38.3 Å². The maximum atomic E-state index is 6.13. The van der Waals surface area contributed by atoms with Gasteiger partial charge < -0.3 is 18.8 Å². The van der Waals surface area contributed by atoms with Gasteiger partial charge in [0.05, 0.1) is 24.4 Å². The third-order valence-corrected chi connectivity index (χ3v) is 5.08. The lowest BCUT2D eigenvalue weighted by atomic mass is 9.71. The highest BCUT2D eigenvalue weighted by atomic mass is 16.7. The average molecular weight is 324 g/mol. The largest absolute Gasteiger partial charge is 0.490 e. The fourth-order valence-electron chi connectivity index (χ4n) is 2.83. The van der Waals surface area contributed by atoms with Gasteiger partial charge in [-0.15, -0.1) is 0 Å². The van der Waals surface area contributed by atoms with Crippen molar-refractivity contribution in [3.05, 3.63) is 11.5 Å². The predicted octanol–water partition coefficient (Wildman–Crippen LogP) is 3.99. The first-order valence-electron chi connectivity index (χ1n) is 8.91. The average Bonchev–Trinajstić information content (AvgIpc) is 2.67. The molecule has 0 aromatic carbocycles. The highest BCUT2D eigenvalue weighted by Crippen LogP contribution is 2.40. The van der Waals surface area contributed by atoms with Crippen molar-refractivity contribution in [3.63, 3.8) is 0 Å². The van der Waals surface area contributed by atoms with Crippen LogP contribution in [0.4, 0.5) is 0 Å². The second-order valence-electron chi connectivity index (χ2n) is 8.26. The topological polar surface area (TPSA) is 36.9 Å². The monoisotopic (exact) mass is 324 g/mol. The number of hydrogen-bond donors (Lipinski definition) is 0. The Kier molecular flexibility index (Phi) is 6.34. The van der Waals surface area contributed by atoms with E-state index in [0.29, 0.717) is 18.6 Å². The van der Waals surface area contributed by atoms with Crippen molar-refractivity contribution in [1.29, 1.82) is 0 Å². The zero-order chi connectivity index (χ0) is 17.1. The number of allylic oxidation sites excluding steroid dienone is 2. The molecule has 1 saturated heterocycles. The highest BCUT2D eigenvalue weighted by molar-refractivity contribution is 6.54. The SMILES string of the molecule is CC(C)COCOCC1CC=C(B2OC(C)(C)C(C)(C)O2)CC1. The van der Waals surface area contributed by atoms with Gasteiger partial charge in [0.2, 0.25) is 0 Å². The van der Waals surface area contributed by atoms with E-state index in [1.807, 2.05) is 0 Å².